The molecule has 0 aromatic heterocycles. The van der Waals surface area contributed by atoms with Gasteiger partial charge in [-0.05, 0) is 105 Å². The molecule has 5 saturated heterocycles. The Bertz CT molecular complexity index is 2360. The summed E-state index contributed by atoms with van der Waals surface area (Å²) in [6, 6.07) is 0. The molecule has 0 amide bonds. The van der Waals surface area contributed by atoms with Crippen molar-refractivity contribution in [2.45, 2.75) is 259 Å². The maximum Gasteiger partial charge on any atom is 0.315 e. The smallest absolute Gasteiger partial charge is 0.315 e. The Morgan fingerprint density at radius 3 is 1.80 bits per heavy atom. The monoisotopic (exact) mass is 1200 g/mol. The van der Waals surface area contributed by atoms with E-state index in [0.29, 0.717) is 44.9 Å². The number of ether oxygens (including phenoxy) is 10. The molecule has 10 rings (SSSR count). The molecule has 480 valence electrons. The Hall–Kier alpha value is -2.01. The third-order valence-electron chi connectivity index (χ3n) is 22.5. The molecular weight excluding hydrogens is 1110 g/mol. The summed E-state index contributed by atoms with van der Waals surface area (Å²) in [7, 11) is 0. The van der Waals surface area contributed by atoms with Crippen molar-refractivity contribution in [1.82, 2.24) is 0 Å². The van der Waals surface area contributed by atoms with Crippen molar-refractivity contribution >= 4 is 5.97 Å². The Balaban J connectivity index is 0.866. The van der Waals surface area contributed by atoms with E-state index in [1.165, 1.54) is 6.92 Å². The quantitative estimate of drug-likeness (QED) is 0.0496. The first-order chi connectivity index (χ1) is 39.5. The SMILES string of the molecule is C=C1CC[C@]2(C(=O)O[C@@H]3O[C@H](CO[C@@H]4O[C@H](CO)[C@@H](O)[C@H](O)[C@H]4O)[C@@H](O)[C@H](O)[C@H]3O)CC[C@]3(C)C(=CC[C@@H]4[C@@]5(C)CC[C@H](O[C@@H]6OC[C@H](O)[C@H](O[C@@H]7O[C@H](CO)[C@@H](O)[C@H](O)[C@H]7O)[C@H]6O[C@@H]6O[C@@H](C)[C@H](O)[C@@H](O)[C@H]6O)C(C)(C)[C@@H]5CC[C@]43C)[C@@H]2C1. The highest BCUT2D eigenvalue weighted by Crippen LogP contribution is 2.75. The molecule has 4 saturated carbocycles. The second-order valence-electron chi connectivity index (χ2n) is 27.2. The summed E-state index contributed by atoms with van der Waals surface area (Å²) in [4.78, 5) is 15.0. The van der Waals surface area contributed by atoms with Crippen LogP contribution in [0.2, 0.25) is 0 Å². The van der Waals surface area contributed by atoms with Crippen LogP contribution in [0.3, 0.4) is 0 Å². The topological polar surface area (TPSA) is 413 Å². The minimum Gasteiger partial charge on any atom is -0.432 e. The second kappa shape index (κ2) is 24.3. The predicted octanol–water partition coefficient (Wildman–Crippen LogP) is -3.01. The standard InChI is InChI=1S/C58H92O26/c1-23-10-15-58(53(74)84-51-45(73)41(69)37(65)30(80-51)22-76-48-42(70)39(67)35(63)28(19-59)78-48)17-16-56(6)25(26(58)18-23)8-9-32-55(5)13-12-33(54(3,4)31(55)11-14-57(32,56)7)81-52-47(83-49-43(71)38(66)34(62)24(2)77-49)46(27(61)21-75-52)82-50-44(72)40(68)36(64)29(20-60)79-50/h8,24,26-52,59-73H,1,9-22H2,2-7H3/t24-,26-,27-,28+,29+,30+,31-,32+,33-,34-,35+,36+,37+,38+,39-,40-,41-,42+,43+,44+,45+,46-,47+,48+,49-,50-,51-,52-,55-,56+,57+,58-/m0/s1. The van der Waals surface area contributed by atoms with Gasteiger partial charge in [0.15, 0.2) is 25.2 Å². The minimum absolute atomic E-state index is 0.0745. The van der Waals surface area contributed by atoms with E-state index in [2.05, 4.69) is 47.3 Å². The lowest BCUT2D eigenvalue weighted by Crippen LogP contribution is -2.67. The molecule has 5 aliphatic carbocycles. The molecule has 9 fully saturated rings. The molecule has 5 heterocycles. The van der Waals surface area contributed by atoms with Crippen molar-refractivity contribution in [2.75, 3.05) is 26.4 Å². The average molecular weight is 1210 g/mol. The number of hydrogen-bond donors (Lipinski definition) is 15. The Labute approximate surface area is 487 Å². The first-order valence-corrected chi connectivity index (χ1v) is 30.0. The summed E-state index contributed by atoms with van der Waals surface area (Å²) < 4.78 is 60.4. The summed E-state index contributed by atoms with van der Waals surface area (Å²) in [6.45, 7) is 14.8. The molecule has 84 heavy (non-hydrogen) atoms. The molecular formula is C58H92O26. The summed E-state index contributed by atoms with van der Waals surface area (Å²) in [5.41, 5.74) is -0.412. The average Bonchev–Trinajstić information content (AvgIpc) is 0.693. The van der Waals surface area contributed by atoms with Crippen LogP contribution in [0.15, 0.2) is 23.8 Å². The lowest BCUT2D eigenvalue weighted by molar-refractivity contribution is -0.388. The fourth-order valence-corrected chi connectivity index (χ4v) is 17.1. The molecule has 5 aliphatic heterocycles. The molecule has 0 unspecified atom stereocenters. The molecule has 0 bridgehead atoms. The number of aliphatic hydroxyl groups is 15. The number of aliphatic hydroxyl groups excluding tert-OH is 15. The normalized spacial score (nSPS) is 54.0. The largest absolute Gasteiger partial charge is 0.432 e. The zero-order valence-electron chi connectivity index (χ0n) is 48.5. The molecule has 26 nitrogen and oxygen atoms in total. The fourth-order valence-electron chi connectivity index (χ4n) is 17.1. The van der Waals surface area contributed by atoms with Crippen LogP contribution in [-0.4, -0.2) is 263 Å². The molecule has 26 heteroatoms. The van der Waals surface area contributed by atoms with Crippen molar-refractivity contribution in [2.24, 2.45) is 44.8 Å². The number of esters is 1. The van der Waals surface area contributed by atoms with E-state index >= 15 is 4.79 Å². The van der Waals surface area contributed by atoms with Gasteiger partial charge in [-0.2, -0.15) is 0 Å². The van der Waals surface area contributed by atoms with Gasteiger partial charge in [-0.25, -0.2) is 0 Å². The molecule has 0 aromatic rings. The van der Waals surface area contributed by atoms with Crippen molar-refractivity contribution in [3.05, 3.63) is 23.8 Å². The number of allylic oxidation sites excluding steroid dienone is 3. The Kier molecular flexibility index (Phi) is 18.8. The van der Waals surface area contributed by atoms with Crippen LogP contribution in [0.25, 0.3) is 0 Å². The predicted molar refractivity (Wildman–Crippen MR) is 283 cm³/mol. The number of carbonyl (C=O) groups is 1. The van der Waals surface area contributed by atoms with Crippen molar-refractivity contribution in [1.29, 1.82) is 0 Å². The summed E-state index contributed by atoms with van der Waals surface area (Å²) in [5.74, 6) is -0.723. The first-order valence-electron chi connectivity index (χ1n) is 30.0. The van der Waals surface area contributed by atoms with Crippen LogP contribution in [0, 0.1) is 44.8 Å². The van der Waals surface area contributed by atoms with Crippen LogP contribution in [0.1, 0.15) is 106 Å². The van der Waals surface area contributed by atoms with Crippen LogP contribution >= 0.6 is 0 Å². The lowest BCUT2D eigenvalue weighted by atomic mass is 9.34. The third-order valence-corrected chi connectivity index (χ3v) is 22.5. The molecule has 0 spiro atoms. The van der Waals surface area contributed by atoms with E-state index in [0.717, 1.165) is 30.4 Å². The van der Waals surface area contributed by atoms with Gasteiger partial charge in [0.05, 0.1) is 44.1 Å². The molecule has 15 N–H and O–H groups in total. The van der Waals surface area contributed by atoms with Crippen LogP contribution in [-0.2, 0) is 52.2 Å². The van der Waals surface area contributed by atoms with Crippen LogP contribution in [0.4, 0.5) is 0 Å². The van der Waals surface area contributed by atoms with E-state index in [1.54, 1.807) is 0 Å². The number of fused-ring (bicyclic) bond motifs is 7. The zero-order valence-corrected chi connectivity index (χ0v) is 48.5. The van der Waals surface area contributed by atoms with E-state index in [-0.39, 0.29) is 35.2 Å². The van der Waals surface area contributed by atoms with E-state index < -0.39 is 196 Å². The van der Waals surface area contributed by atoms with Gasteiger partial charge in [-0.3, -0.25) is 4.79 Å². The zero-order chi connectivity index (χ0) is 61.1. The van der Waals surface area contributed by atoms with Crippen LogP contribution in [0.5, 0.6) is 0 Å². The molecule has 32 atom stereocenters. The molecule has 10 aliphatic rings. The summed E-state index contributed by atoms with van der Waals surface area (Å²) in [6.07, 6.45) is -30.6. The van der Waals surface area contributed by atoms with Crippen molar-refractivity contribution in [3.8, 4) is 0 Å². The highest BCUT2D eigenvalue weighted by Gasteiger charge is 2.70. The second-order valence-corrected chi connectivity index (χ2v) is 27.2. The lowest BCUT2D eigenvalue weighted by Gasteiger charge is -2.71. The number of carbonyl (C=O) groups excluding carboxylic acids is 1. The maximum absolute atomic E-state index is 15.0. The van der Waals surface area contributed by atoms with Gasteiger partial charge in [0.2, 0.25) is 6.29 Å². The van der Waals surface area contributed by atoms with E-state index in [9.17, 15) is 76.6 Å². The first kappa shape index (κ1) is 65.0. The summed E-state index contributed by atoms with van der Waals surface area (Å²) >= 11 is 0. The Morgan fingerprint density at radius 1 is 0.595 bits per heavy atom. The van der Waals surface area contributed by atoms with Crippen LogP contribution < -0.4 is 0 Å². The van der Waals surface area contributed by atoms with E-state index in [4.69, 9.17) is 47.4 Å². The molecule has 0 aromatic carbocycles. The summed E-state index contributed by atoms with van der Waals surface area (Å²) in [5, 5.41) is 160. The van der Waals surface area contributed by atoms with Gasteiger partial charge in [-0.1, -0.05) is 58.4 Å². The van der Waals surface area contributed by atoms with Gasteiger partial charge in [-0.15, -0.1) is 0 Å². The Morgan fingerprint density at radius 2 is 1.15 bits per heavy atom. The minimum atomic E-state index is -1.86. The van der Waals surface area contributed by atoms with Crippen molar-refractivity contribution < 1.29 is 129 Å². The number of hydrogen-bond acceptors (Lipinski definition) is 26. The van der Waals surface area contributed by atoms with E-state index in [1.807, 2.05) is 0 Å². The third kappa shape index (κ3) is 10.8. The van der Waals surface area contributed by atoms with Gasteiger partial charge < -0.3 is 124 Å². The van der Waals surface area contributed by atoms with Gasteiger partial charge >= 0.3 is 5.97 Å². The van der Waals surface area contributed by atoms with Gasteiger partial charge in [0.1, 0.15) is 110 Å². The highest BCUT2D eigenvalue weighted by molar-refractivity contribution is 5.79. The van der Waals surface area contributed by atoms with Gasteiger partial charge in [0.25, 0.3) is 0 Å². The number of rotatable bonds is 13. The maximum atomic E-state index is 15.0. The van der Waals surface area contributed by atoms with Gasteiger partial charge in [0, 0.05) is 5.92 Å². The van der Waals surface area contributed by atoms with Crippen molar-refractivity contribution in [3.63, 3.8) is 0 Å². The highest BCUT2D eigenvalue weighted by atomic mass is 16.8. The fraction of sp³-hybridized carbons (Fsp3) is 0.914. The molecule has 0 radical (unpaired) electrons.